The van der Waals surface area contributed by atoms with Crippen molar-refractivity contribution in [2.24, 2.45) is 22.4 Å². The van der Waals surface area contributed by atoms with Gasteiger partial charge in [0.15, 0.2) is 5.96 Å². The predicted octanol–water partition coefficient (Wildman–Crippen LogP) is -0.872. The number of guanidine groups is 1. The number of hydrogen-bond acceptors (Lipinski definition) is 7. The number of hydrogen-bond donors (Lipinski definition) is 5. The molecule has 0 aromatic heterocycles. The fraction of sp³-hybridized carbons (Fsp3) is 0.636. The van der Waals surface area contributed by atoms with Gasteiger partial charge >= 0.3 is 0 Å². The number of carbonyl (C=O) groups is 1. The molecule has 2 aliphatic rings. The number of aliphatic hydroxyl groups excluding tert-OH is 1. The largest absolute Gasteiger partial charge is 0.395 e. The molecule has 2 aliphatic heterocycles. The van der Waals surface area contributed by atoms with Crippen LogP contribution in [0.25, 0.3) is 0 Å². The smallest absolute Gasteiger partial charge is 0.243 e. The molecular formula is C22H37N7O4S. The molecule has 0 spiro atoms. The Hall–Kier alpha value is -2.41. The average Bonchev–Trinajstić information content (AvgIpc) is 2.80. The molecule has 1 aromatic carbocycles. The number of benzene rings is 1. The van der Waals surface area contributed by atoms with Crippen LogP contribution in [0.3, 0.4) is 0 Å². The minimum atomic E-state index is -3.96. The summed E-state index contributed by atoms with van der Waals surface area (Å²) >= 11 is 0. The van der Waals surface area contributed by atoms with E-state index in [0.29, 0.717) is 63.8 Å². The first-order chi connectivity index (χ1) is 16.2. The van der Waals surface area contributed by atoms with Crippen LogP contribution in [-0.4, -0.2) is 93.7 Å². The van der Waals surface area contributed by atoms with Crippen molar-refractivity contribution in [1.29, 1.82) is 0 Å². The molecule has 1 unspecified atom stereocenters. The lowest BCUT2D eigenvalue weighted by atomic mass is 9.96. The summed E-state index contributed by atoms with van der Waals surface area (Å²) in [5.41, 5.74) is 12.3. The van der Waals surface area contributed by atoms with Crippen molar-refractivity contribution >= 4 is 27.6 Å². The molecule has 11 nitrogen and oxygen atoms in total. The Kier molecular flexibility index (Phi) is 9.11. The van der Waals surface area contributed by atoms with Gasteiger partial charge in [-0.2, -0.15) is 4.72 Å². The molecule has 0 bridgehead atoms. The summed E-state index contributed by atoms with van der Waals surface area (Å²) in [6.45, 7) is 5.95. The number of nitrogens with one attached hydrogen (secondary N) is 2. The lowest BCUT2D eigenvalue weighted by Crippen LogP contribution is -2.55. The number of aliphatic imine (C=N–C) groups is 1. The molecule has 1 aromatic rings. The van der Waals surface area contributed by atoms with E-state index < -0.39 is 16.1 Å². The SMILES string of the molecule is CC1CNc2c(cccc2S(=O)(=O)N[C@@H](CCCN=C(N)N)C(=O)N2CCN(CCO)CC2)C1. The number of β-amino-alcohol motifs (C(OH)–C–C–N with tert-alkyl or cyclic N) is 1. The second-order valence-corrected chi connectivity index (χ2v) is 10.7. The minimum Gasteiger partial charge on any atom is -0.395 e. The van der Waals surface area contributed by atoms with E-state index in [1.807, 2.05) is 6.07 Å². The van der Waals surface area contributed by atoms with E-state index in [0.717, 1.165) is 12.0 Å². The Bertz CT molecular complexity index is 973. The third-order valence-corrected chi connectivity index (χ3v) is 7.75. The molecule has 3 rings (SSSR count). The first-order valence-corrected chi connectivity index (χ1v) is 13.2. The van der Waals surface area contributed by atoms with Gasteiger partial charge in [0.05, 0.1) is 12.3 Å². The second kappa shape index (κ2) is 11.8. The molecule has 190 valence electrons. The van der Waals surface area contributed by atoms with E-state index in [4.69, 9.17) is 16.6 Å². The molecule has 1 saturated heterocycles. The maximum atomic E-state index is 13.4. The minimum absolute atomic E-state index is 0.0420. The highest BCUT2D eigenvalue weighted by molar-refractivity contribution is 7.89. The predicted molar refractivity (Wildman–Crippen MR) is 132 cm³/mol. The Balaban J connectivity index is 1.77. The van der Waals surface area contributed by atoms with Crippen LogP contribution in [0.2, 0.25) is 0 Å². The van der Waals surface area contributed by atoms with Gasteiger partial charge in [-0.05, 0) is 36.8 Å². The van der Waals surface area contributed by atoms with E-state index in [1.165, 1.54) is 0 Å². The van der Waals surface area contributed by atoms with Crippen LogP contribution in [-0.2, 0) is 21.2 Å². The quantitative estimate of drug-likeness (QED) is 0.159. The summed E-state index contributed by atoms with van der Waals surface area (Å²) < 4.78 is 29.5. The first-order valence-electron chi connectivity index (χ1n) is 11.8. The molecule has 7 N–H and O–H groups in total. The highest BCUT2D eigenvalue weighted by Crippen LogP contribution is 2.31. The highest BCUT2D eigenvalue weighted by Gasteiger charge is 2.32. The maximum Gasteiger partial charge on any atom is 0.243 e. The van der Waals surface area contributed by atoms with E-state index in [1.54, 1.807) is 17.0 Å². The molecule has 2 atom stereocenters. The standard InChI is InChI=1S/C22H37N7O4S/c1-16-14-17-4-2-6-19(20(17)26-15-16)34(32,33)27-18(5-3-7-25-22(23)24)21(31)29-10-8-28(9-11-29)12-13-30/h2,4,6,16,18,26-27,30H,3,5,7-15H2,1H3,(H4,23,24,25)/t16?,18-/m0/s1. The number of sulfonamides is 1. The van der Waals surface area contributed by atoms with Gasteiger partial charge in [0.2, 0.25) is 15.9 Å². The molecule has 34 heavy (non-hydrogen) atoms. The number of aliphatic hydroxyl groups is 1. The molecule has 0 saturated carbocycles. The highest BCUT2D eigenvalue weighted by atomic mass is 32.2. The topological polar surface area (TPSA) is 166 Å². The van der Waals surface area contributed by atoms with E-state index >= 15 is 0 Å². The lowest BCUT2D eigenvalue weighted by Gasteiger charge is -2.36. The fourth-order valence-electron chi connectivity index (χ4n) is 4.44. The number of amides is 1. The Labute approximate surface area is 201 Å². The Morgan fingerprint density at radius 1 is 1.29 bits per heavy atom. The van der Waals surface area contributed by atoms with Crippen molar-refractivity contribution in [1.82, 2.24) is 14.5 Å². The van der Waals surface area contributed by atoms with Crippen molar-refractivity contribution in [3.63, 3.8) is 0 Å². The third kappa shape index (κ3) is 6.81. The van der Waals surface area contributed by atoms with E-state index in [2.05, 4.69) is 26.9 Å². The molecule has 1 amide bonds. The Morgan fingerprint density at radius 2 is 2.03 bits per heavy atom. The van der Waals surface area contributed by atoms with Gasteiger partial charge in [-0.1, -0.05) is 19.1 Å². The summed E-state index contributed by atoms with van der Waals surface area (Å²) in [4.78, 5) is 21.2. The van der Waals surface area contributed by atoms with Gasteiger partial charge in [-0.3, -0.25) is 14.7 Å². The van der Waals surface area contributed by atoms with Gasteiger partial charge in [-0.25, -0.2) is 8.42 Å². The Morgan fingerprint density at radius 3 is 2.71 bits per heavy atom. The first kappa shape index (κ1) is 26.2. The van der Waals surface area contributed by atoms with Crippen LogP contribution >= 0.6 is 0 Å². The van der Waals surface area contributed by atoms with Gasteiger partial charge in [-0.15, -0.1) is 0 Å². The molecule has 12 heteroatoms. The van der Waals surface area contributed by atoms with Crippen LogP contribution in [0.1, 0.15) is 25.3 Å². The van der Waals surface area contributed by atoms with Crippen LogP contribution in [0.5, 0.6) is 0 Å². The third-order valence-electron chi connectivity index (χ3n) is 6.24. The fourth-order valence-corrected chi connectivity index (χ4v) is 5.89. The van der Waals surface area contributed by atoms with Crippen molar-refractivity contribution in [2.75, 3.05) is 57.7 Å². The van der Waals surface area contributed by atoms with Crippen LogP contribution in [0.4, 0.5) is 5.69 Å². The maximum absolute atomic E-state index is 13.4. The zero-order valence-electron chi connectivity index (χ0n) is 19.7. The monoisotopic (exact) mass is 495 g/mol. The van der Waals surface area contributed by atoms with E-state index in [-0.39, 0.29) is 29.8 Å². The van der Waals surface area contributed by atoms with Crippen molar-refractivity contribution < 1.29 is 18.3 Å². The van der Waals surface area contributed by atoms with Crippen LogP contribution < -0.4 is 21.5 Å². The normalized spacial score (nSPS) is 19.7. The average molecular weight is 496 g/mol. The lowest BCUT2D eigenvalue weighted by molar-refractivity contribution is -0.135. The van der Waals surface area contributed by atoms with Gasteiger partial charge in [0.25, 0.3) is 0 Å². The molecule has 2 heterocycles. The zero-order valence-corrected chi connectivity index (χ0v) is 20.6. The van der Waals surface area contributed by atoms with Crippen molar-refractivity contribution in [2.45, 2.75) is 37.1 Å². The zero-order chi connectivity index (χ0) is 24.7. The number of para-hydroxylation sites is 1. The summed E-state index contributed by atoms with van der Waals surface area (Å²) in [6, 6.07) is 4.31. The number of anilines is 1. The van der Waals surface area contributed by atoms with Crippen LogP contribution in [0.15, 0.2) is 28.1 Å². The number of piperazine rings is 1. The van der Waals surface area contributed by atoms with Gasteiger partial charge < -0.3 is 26.8 Å². The number of rotatable bonds is 10. The number of carbonyl (C=O) groups excluding carboxylic acids is 1. The van der Waals surface area contributed by atoms with Gasteiger partial charge in [0, 0.05) is 45.8 Å². The van der Waals surface area contributed by atoms with Crippen molar-refractivity contribution in [3.8, 4) is 0 Å². The molecule has 0 aliphatic carbocycles. The number of nitrogens with zero attached hydrogens (tertiary/aromatic N) is 3. The summed E-state index contributed by atoms with van der Waals surface area (Å²) in [5, 5.41) is 12.4. The number of fused-ring (bicyclic) bond motifs is 1. The van der Waals surface area contributed by atoms with Crippen molar-refractivity contribution in [3.05, 3.63) is 23.8 Å². The summed E-state index contributed by atoms with van der Waals surface area (Å²) in [6.07, 6.45) is 1.51. The summed E-state index contributed by atoms with van der Waals surface area (Å²) in [5.74, 6) is 0.107. The second-order valence-electron chi connectivity index (χ2n) is 8.99. The summed E-state index contributed by atoms with van der Waals surface area (Å²) in [7, 11) is -3.96. The number of nitrogens with two attached hydrogens (primary N) is 2. The molecule has 0 radical (unpaired) electrons. The van der Waals surface area contributed by atoms with Gasteiger partial charge in [0.1, 0.15) is 10.9 Å². The van der Waals surface area contributed by atoms with E-state index in [9.17, 15) is 13.2 Å². The molecule has 1 fully saturated rings. The molecular weight excluding hydrogens is 458 g/mol. The van der Waals surface area contributed by atoms with Crippen LogP contribution in [0, 0.1) is 5.92 Å².